The summed E-state index contributed by atoms with van der Waals surface area (Å²) in [6.45, 7) is 3.95. The van der Waals surface area contributed by atoms with Gasteiger partial charge in [0, 0.05) is 18.0 Å². The average molecular weight is 184 g/mol. The summed E-state index contributed by atoms with van der Waals surface area (Å²) in [5.74, 6) is 5.91. The molecule has 0 saturated carbocycles. The van der Waals surface area contributed by atoms with E-state index in [0.717, 1.165) is 23.3 Å². The van der Waals surface area contributed by atoms with E-state index in [4.69, 9.17) is 0 Å². The van der Waals surface area contributed by atoms with Gasteiger partial charge in [0.2, 0.25) is 0 Å². The zero-order chi connectivity index (χ0) is 9.97. The molecule has 0 aliphatic heterocycles. The first-order valence-electron chi connectivity index (χ1n) is 4.74. The molecular weight excluding hydrogens is 172 g/mol. The highest BCUT2D eigenvalue weighted by Gasteiger charge is 1.99. The lowest BCUT2D eigenvalue weighted by Crippen LogP contribution is -1.83. The number of nitrogens with zero attached hydrogens (tertiary/aromatic N) is 2. The zero-order valence-electron chi connectivity index (χ0n) is 8.41. The summed E-state index contributed by atoms with van der Waals surface area (Å²) in [5, 5.41) is 0. The Labute approximate surface area is 83.6 Å². The van der Waals surface area contributed by atoms with E-state index in [1.807, 2.05) is 29.7 Å². The Morgan fingerprint density at radius 2 is 2.36 bits per heavy atom. The number of aromatic nitrogens is 2. The molecule has 2 heteroatoms. The summed E-state index contributed by atoms with van der Waals surface area (Å²) < 4.78 is 2.03. The number of aryl methyl sites for hydroxylation is 1. The van der Waals surface area contributed by atoms with Crippen LogP contribution in [0.1, 0.15) is 25.1 Å². The number of pyridine rings is 1. The molecule has 0 amide bonds. The fraction of sp³-hybridized carbons (Fsp3) is 0.250. The van der Waals surface area contributed by atoms with Gasteiger partial charge in [-0.2, -0.15) is 0 Å². The minimum atomic E-state index is 0.969. The van der Waals surface area contributed by atoms with Crippen molar-refractivity contribution < 1.29 is 0 Å². The Hall–Kier alpha value is -1.75. The van der Waals surface area contributed by atoms with Gasteiger partial charge >= 0.3 is 0 Å². The van der Waals surface area contributed by atoms with Crippen molar-refractivity contribution in [3.8, 4) is 11.8 Å². The van der Waals surface area contributed by atoms with Gasteiger partial charge in [0.25, 0.3) is 0 Å². The Kier molecular flexibility index (Phi) is 2.24. The Morgan fingerprint density at radius 3 is 3.07 bits per heavy atom. The predicted molar refractivity (Wildman–Crippen MR) is 57.1 cm³/mol. The van der Waals surface area contributed by atoms with Gasteiger partial charge in [0.05, 0.1) is 5.69 Å². The Bertz CT molecular complexity index is 512. The quantitative estimate of drug-likeness (QED) is 0.621. The van der Waals surface area contributed by atoms with Crippen molar-refractivity contribution in [3.05, 3.63) is 35.8 Å². The second-order valence-corrected chi connectivity index (χ2v) is 3.14. The van der Waals surface area contributed by atoms with Gasteiger partial charge in [-0.3, -0.25) is 0 Å². The lowest BCUT2D eigenvalue weighted by atomic mass is 10.3. The van der Waals surface area contributed by atoms with Crippen molar-refractivity contribution in [1.82, 2.24) is 9.38 Å². The molecule has 0 bridgehead atoms. The van der Waals surface area contributed by atoms with E-state index in [0.29, 0.717) is 0 Å². The van der Waals surface area contributed by atoms with Crippen molar-refractivity contribution in [2.45, 2.75) is 20.3 Å². The fourth-order valence-corrected chi connectivity index (χ4v) is 1.43. The van der Waals surface area contributed by atoms with E-state index in [1.165, 1.54) is 0 Å². The Balaban J connectivity index is 2.57. The molecule has 0 unspecified atom stereocenters. The SMILES string of the molecule is CC#Cc1ccn2cc(CC)nc2c1. The fourth-order valence-electron chi connectivity index (χ4n) is 1.43. The van der Waals surface area contributed by atoms with E-state index in [9.17, 15) is 0 Å². The summed E-state index contributed by atoms with van der Waals surface area (Å²) in [6.07, 6.45) is 5.02. The van der Waals surface area contributed by atoms with Crippen LogP contribution in [0.5, 0.6) is 0 Å². The molecule has 0 fully saturated rings. The molecule has 2 aromatic heterocycles. The van der Waals surface area contributed by atoms with Gasteiger partial charge in [-0.25, -0.2) is 4.98 Å². The maximum absolute atomic E-state index is 4.47. The van der Waals surface area contributed by atoms with Gasteiger partial charge in [-0.1, -0.05) is 12.8 Å². The minimum absolute atomic E-state index is 0.969. The maximum atomic E-state index is 4.47. The van der Waals surface area contributed by atoms with Crippen molar-refractivity contribution in [1.29, 1.82) is 0 Å². The van der Waals surface area contributed by atoms with Crippen molar-refractivity contribution in [3.63, 3.8) is 0 Å². The number of hydrogen-bond donors (Lipinski definition) is 0. The molecule has 70 valence electrons. The standard InChI is InChI=1S/C12H12N2/c1-3-5-10-6-7-14-9-11(4-2)13-12(14)8-10/h6-9H,4H2,1-2H3. The molecule has 0 spiro atoms. The molecule has 0 radical (unpaired) electrons. The molecule has 0 aromatic carbocycles. The zero-order valence-corrected chi connectivity index (χ0v) is 8.41. The van der Waals surface area contributed by atoms with Crippen LogP contribution in [0, 0.1) is 11.8 Å². The summed E-state index contributed by atoms with van der Waals surface area (Å²) in [6, 6.07) is 4.01. The summed E-state index contributed by atoms with van der Waals surface area (Å²) in [5.41, 5.74) is 3.11. The molecule has 2 heterocycles. The van der Waals surface area contributed by atoms with Crippen molar-refractivity contribution in [2.75, 3.05) is 0 Å². The van der Waals surface area contributed by atoms with Crippen molar-refractivity contribution >= 4 is 5.65 Å². The van der Waals surface area contributed by atoms with Crippen LogP contribution in [0.2, 0.25) is 0 Å². The van der Waals surface area contributed by atoms with Gasteiger partial charge in [0.1, 0.15) is 5.65 Å². The topological polar surface area (TPSA) is 17.3 Å². The monoisotopic (exact) mass is 184 g/mol. The first-order valence-corrected chi connectivity index (χ1v) is 4.74. The molecule has 0 atom stereocenters. The van der Waals surface area contributed by atoms with E-state index in [-0.39, 0.29) is 0 Å². The first-order chi connectivity index (χ1) is 6.83. The normalized spacial score (nSPS) is 9.86. The van der Waals surface area contributed by atoms with Crippen LogP contribution in [0.25, 0.3) is 5.65 Å². The van der Waals surface area contributed by atoms with Crippen LogP contribution in [0.15, 0.2) is 24.5 Å². The second kappa shape index (κ2) is 3.55. The highest BCUT2D eigenvalue weighted by atomic mass is 15.0. The molecule has 0 aliphatic carbocycles. The van der Waals surface area contributed by atoms with Crippen LogP contribution >= 0.6 is 0 Å². The van der Waals surface area contributed by atoms with Gasteiger partial charge < -0.3 is 4.40 Å². The van der Waals surface area contributed by atoms with Crippen molar-refractivity contribution in [2.24, 2.45) is 0 Å². The highest BCUT2D eigenvalue weighted by molar-refractivity contribution is 5.48. The third-order valence-electron chi connectivity index (χ3n) is 2.14. The number of rotatable bonds is 1. The van der Waals surface area contributed by atoms with Crippen LogP contribution in [-0.2, 0) is 6.42 Å². The van der Waals surface area contributed by atoms with Crippen LogP contribution in [0.4, 0.5) is 0 Å². The first kappa shape index (κ1) is 8.83. The Morgan fingerprint density at radius 1 is 1.50 bits per heavy atom. The van der Waals surface area contributed by atoms with Crippen LogP contribution < -0.4 is 0 Å². The second-order valence-electron chi connectivity index (χ2n) is 3.14. The minimum Gasteiger partial charge on any atom is -0.307 e. The van der Waals surface area contributed by atoms with Gasteiger partial charge in [-0.05, 0) is 25.5 Å². The lowest BCUT2D eigenvalue weighted by Gasteiger charge is -1.92. The smallest absolute Gasteiger partial charge is 0.138 e. The molecule has 2 nitrogen and oxygen atoms in total. The third-order valence-corrected chi connectivity index (χ3v) is 2.14. The molecular formula is C12H12N2. The molecule has 2 rings (SSSR count). The number of hydrogen-bond acceptors (Lipinski definition) is 1. The molecule has 0 saturated heterocycles. The maximum Gasteiger partial charge on any atom is 0.138 e. The van der Waals surface area contributed by atoms with E-state index >= 15 is 0 Å². The molecule has 14 heavy (non-hydrogen) atoms. The van der Waals surface area contributed by atoms with E-state index in [1.54, 1.807) is 0 Å². The largest absolute Gasteiger partial charge is 0.307 e. The van der Waals surface area contributed by atoms with E-state index < -0.39 is 0 Å². The predicted octanol–water partition coefficient (Wildman–Crippen LogP) is 2.27. The third kappa shape index (κ3) is 1.49. The molecule has 2 aromatic rings. The number of fused-ring (bicyclic) bond motifs is 1. The molecule has 0 N–H and O–H groups in total. The molecule has 0 aliphatic rings. The van der Waals surface area contributed by atoms with E-state index in [2.05, 4.69) is 29.9 Å². The van der Waals surface area contributed by atoms with Gasteiger partial charge in [-0.15, -0.1) is 5.92 Å². The summed E-state index contributed by atoms with van der Waals surface area (Å²) in [4.78, 5) is 4.47. The number of imidazole rings is 1. The average Bonchev–Trinajstić information content (AvgIpc) is 2.60. The van der Waals surface area contributed by atoms with Gasteiger partial charge in [0.15, 0.2) is 0 Å². The summed E-state index contributed by atoms with van der Waals surface area (Å²) in [7, 11) is 0. The van der Waals surface area contributed by atoms with Crippen LogP contribution in [0.3, 0.4) is 0 Å². The lowest BCUT2D eigenvalue weighted by molar-refractivity contribution is 1.07. The highest BCUT2D eigenvalue weighted by Crippen LogP contribution is 2.07. The van der Waals surface area contributed by atoms with Crippen LogP contribution in [-0.4, -0.2) is 9.38 Å². The summed E-state index contributed by atoms with van der Waals surface area (Å²) >= 11 is 0.